The highest BCUT2D eigenvalue weighted by molar-refractivity contribution is 7.89. The molecule has 0 unspecified atom stereocenters. The summed E-state index contributed by atoms with van der Waals surface area (Å²) in [4.78, 5) is 16.6. The van der Waals surface area contributed by atoms with Gasteiger partial charge in [-0.05, 0) is 50.1 Å². The Kier molecular flexibility index (Phi) is 3.89. The quantitative estimate of drug-likeness (QED) is 0.814. The van der Waals surface area contributed by atoms with Crippen LogP contribution in [0.4, 0.5) is 5.69 Å². The maximum absolute atomic E-state index is 12.9. The zero-order chi connectivity index (χ0) is 16.9. The monoisotopic (exact) mass is 349 g/mol. The topological polar surface area (TPSA) is 60.9 Å². The molecule has 7 heteroatoms. The van der Waals surface area contributed by atoms with E-state index in [4.69, 9.17) is 0 Å². The van der Waals surface area contributed by atoms with E-state index in [-0.39, 0.29) is 11.8 Å². The molecule has 1 aromatic rings. The van der Waals surface area contributed by atoms with Crippen molar-refractivity contribution >= 4 is 21.6 Å². The number of amides is 1. The number of benzene rings is 1. The maximum atomic E-state index is 12.9. The van der Waals surface area contributed by atoms with E-state index >= 15 is 0 Å². The van der Waals surface area contributed by atoms with Crippen molar-refractivity contribution in [1.29, 1.82) is 0 Å². The SMILES string of the molecule is CN1CCN(S(=O)(=O)c2ccc3c(c2)CCN3C(=O)C2CC2)CC1. The molecule has 130 valence electrons. The Bertz CT molecular complexity index is 765. The van der Waals surface area contributed by atoms with Crippen molar-refractivity contribution in [2.75, 3.05) is 44.7 Å². The summed E-state index contributed by atoms with van der Waals surface area (Å²) in [5.41, 5.74) is 1.86. The molecule has 0 radical (unpaired) electrons. The van der Waals surface area contributed by atoms with Crippen molar-refractivity contribution in [3.63, 3.8) is 0 Å². The molecule has 1 amide bonds. The zero-order valence-electron chi connectivity index (χ0n) is 13.9. The van der Waals surface area contributed by atoms with Gasteiger partial charge in [-0.15, -0.1) is 0 Å². The Morgan fingerprint density at radius 3 is 2.46 bits per heavy atom. The number of anilines is 1. The van der Waals surface area contributed by atoms with E-state index in [1.807, 2.05) is 18.0 Å². The van der Waals surface area contributed by atoms with E-state index in [0.29, 0.717) is 24.5 Å². The summed E-state index contributed by atoms with van der Waals surface area (Å²) in [6.45, 7) is 3.24. The average Bonchev–Trinajstić information content (AvgIpc) is 3.33. The second kappa shape index (κ2) is 5.82. The van der Waals surface area contributed by atoms with Gasteiger partial charge >= 0.3 is 0 Å². The van der Waals surface area contributed by atoms with Crippen molar-refractivity contribution in [3.8, 4) is 0 Å². The molecule has 2 aliphatic heterocycles. The molecule has 3 aliphatic rings. The van der Waals surface area contributed by atoms with Crippen LogP contribution in [0.2, 0.25) is 0 Å². The van der Waals surface area contributed by atoms with Crippen LogP contribution in [0.3, 0.4) is 0 Å². The van der Waals surface area contributed by atoms with E-state index in [1.165, 1.54) is 0 Å². The Hall–Kier alpha value is -1.44. The van der Waals surface area contributed by atoms with Crippen LogP contribution in [-0.4, -0.2) is 63.3 Å². The summed E-state index contributed by atoms with van der Waals surface area (Å²) >= 11 is 0. The first-order valence-corrected chi connectivity index (χ1v) is 10.0. The molecule has 1 aliphatic carbocycles. The lowest BCUT2D eigenvalue weighted by molar-refractivity contribution is -0.119. The minimum Gasteiger partial charge on any atom is -0.312 e. The molecule has 0 N–H and O–H groups in total. The van der Waals surface area contributed by atoms with E-state index in [9.17, 15) is 13.2 Å². The van der Waals surface area contributed by atoms with Crippen LogP contribution in [0.5, 0.6) is 0 Å². The first kappa shape index (κ1) is 16.1. The summed E-state index contributed by atoms with van der Waals surface area (Å²) in [5, 5.41) is 0. The van der Waals surface area contributed by atoms with Crippen LogP contribution in [0, 0.1) is 5.92 Å². The molecule has 4 rings (SSSR count). The van der Waals surface area contributed by atoms with E-state index in [1.54, 1.807) is 16.4 Å². The van der Waals surface area contributed by atoms with Crippen molar-refractivity contribution < 1.29 is 13.2 Å². The molecule has 0 spiro atoms. The highest BCUT2D eigenvalue weighted by atomic mass is 32.2. The van der Waals surface area contributed by atoms with Gasteiger partial charge in [-0.3, -0.25) is 4.79 Å². The third-order valence-corrected chi connectivity index (χ3v) is 7.13. The molecule has 1 saturated heterocycles. The summed E-state index contributed by atoms with van der Waals surface area (Å²) in [6, 6.07) is 5.24. The highest BCUT2D eigenvalue weighted by Crippen LogP contribution is 2.37. The summed E-state index contributed by atoms with van der Waals surface area (Å²) in [7, 11) is -1.44. The lowest BCUT2D eigenvalue weighted by atomic mass is 10.2. The minimum atomic E-state index is -3.45. The van der Waals surface area contributed by atoms with Crippen LogP contribution < -0.4 is 4.90 Å². The van der Waals surface area contributed by atoms with Gasteiger partial charge in [0.05, 0.1) is 4.90 Å². The van der Waals surface area contributed by atoms with Gasteiger partial charge in [0.2, 0.25) is 15.9 Å². The normalized spacial score (nSPS) is 22.6. The summed E-state index contributed by atoms with van der Waals surface area (Å²) in [5.74, 6) is 0.383. The van der Waals surface area contributed by atoms with Crippen molar-refractivity contribution in [2.24, 2.45) is 5.92 Å². The molecule has 6 nitrogen and oxygen atoms in total. The molecule has 2 heterocycles. The van der Waals surface area contributed by atoms with Crippen LogP contribution in [-0.2, 0) is 21.2 Å². The molecule has 1 aromatic carbocycles. The fourth-order valence-electron chi connectivity index (χ4n) is 3.50. The third-order valence-electron chi connectivity index (χ3n) is 5.24. The number of fused-ring (bicyclic) bond motifs is 1. The summed E-state index contributed by atoms with van der Waals surface area (Å²) < 4.78 is 27.3. The minimum absolute atomic E-state index is 0.185. The number of carbonyl (C=O) groups excluding carboxylic acids is 1. The zero-order valence-corrected chi connectivity index (χ0v) is 14.8. The molecule has 1 saturated carbocycles. The lowest BCUT2D eigenvalue weighted by Crippen LogP contribution is -2.47. The molecular weight excluding hydrogens is 326 g/mol. The Balaban J connectivity index is 1.58. The van der Waals surface area contributed by atoms with E-state index in [2.05, 4.69) is 4.90 Å². The van der Waals surface area contributed by atoms with E-state index in [0.717, 1.165) is 43.6 Å². The predicted octanol–water partition coefficient (Wildman–Crippen LogP) is 0.922. The number of sulfonamides is 1. The van der Waals surface area contributed by atoms with Gasteiger partial charge in [0, 0.05) is 44.3 Å². The van der Waals surface area contributed by atoms with Crippen molar-refractivity contribution in [3.05, 3.63) is 23.8 Å². The van der Waals surface area contributed by atoms with Crippen LogP contribution in [0.1, 0.15) is 18.4 Å². The average molecular weight is 349 g/mol. The first-order chi connectivity index (χ1) is 11.5. The van der Waals surface area contributed by atoms with Gasteiger partial charge in [0.25, 0.3) is 0 Å². The largest absolute Gasteiger partial charge is 0.312 e. The van der Waals surface area contributed by atoms with Gasteiger partial charge < -0.3 is 9.80 Å². The second-order valence-electron chi connectivity index (χ2n) is 7.01. The molecule has 0 aromatic heterocycles. The molecular formula is C17H23N3O3S. The van der Waals surface area contributed by atoms with Crippen molar-refractivity contribution in [1.82, 2.24) is 9.21 Å². The van der Waals surface area contributed by atoms with E-state index < -0.39 is 10.0 Å². The van der Waals surface area contributed by atoms with Crippen LogP contribution >= 0.6 is 0 Å². The van der Waals surface area contributed by atoms with Crippen molar-refractivity contribution in [2.45, 2.75) is 24.2 Å². The smallest absolute Gasteiger partial charge is 0.243 e. The number of rotatable bonds is 3. The standard InChI is InChI=1S/C17H23N3O3S/c1-18-8-10-19(11-9-18)24(22,23)15-4-5-16-14(12-15)6-7-20(16)17(21)13-2-3-13/h4-5,12-13H,2-3,6-11H2,1H3. The van der Waals surface area contributed by atoms with Gasteiger partial charge in [-0.25, -0.2) is 8.42 Å². The number of nitrogens with zero attached hydrogens (tertiary/aromatic N) is 3. The fraction of sp³-hybridized carbons (Fsp3) is 0.588. The number of likely N-dealkylation sites (N-methyl/N-ethyl adjacent to an activating group) is 1. The molecule has 0 atom stereocenters. The first-order valence-electron chi connectivity index (χ1n) is 8.60. The molecule has 0 bridgehead atoms. The number of hydrogen-bond donors (Lipinski definition) is 0. The molecule has 24 heavy (non-hydrogen) atoms. The van der Waals surface area contributed by atoms with Gasteiger partial charge in [0.15, 0.2) is 0 Å². The van der Waals surface area contributed by atoms with Gasteiger partial charge in [-0.2, -0.15) is 4.31 Å². The van der Waals surface area contributed by atoms with Crippen LogP contribution in [0.15, 0.2) is 23.1 Å². The fourth-order valence-corrected chi connectivity index (χ4v) is 4.97. The van der Waals surface area contributed by atoms with Crippen LogP contribution in [0.25, 0.3) is 0 Å². The third kappa shape index (κ3) is 2.74. The van der Waals surface area contributed by atoms with Gasteiger partial charge in [0.1, 0.15) is 0 Å². The Morgan fingerprint density at radius 1 is 1.08 bits per heavy atom. The predicted molar refractivity (Wildman–Crippen MR) is 91.5 cm³/mol. The second-order valence-corrected chi connectivity index (χ2v) is 8.95. The number of piperazine rings is 1. The Morgan fingerprint density at radius 2 is 1.79 bits per heavy atom. The van der Waals surface area contributed by atoms with Gasteiger partial charge in [-0.1, -0.05) is 0 Å². The number of carbonyl (C=O) groups is 1. The maximum Gasteiger partial charge on any atom is 0.243 e. The highest BCUT2D eigenvalue weighted by Gasteiger charge is 2.37. The molecule has 2 fully saturated rings. The lowest BCUT2D eigenvalue weighted by Gasteiger charge is -2.31. The Labute approximate surface area is 143 Å². The summed E-state index contributed by atoms with van der Waals surface area (Å²) in [6.07, 6.45) is 2.71. The number of hydrogen-bond acceptors (Lipinski definition) is 4.